The van der Waals surface area contributed by atoms with Gasteiger partial charge in [0.1, 0.15) is 5.82 Å². The van der Waals surface area contributed by atoms with Crippen molar-refractivity contribution in [1.82, 2.24) is 40.0 Å². The molecule has 0 saturated heterocycles. The Morgan fingerprint density at radius 1 is 0.769 bits per heavy atom. The van der Waals surface area contributed by atoms with Gasteiger partial charge in [-0.1, -0.05) is 75.6 Å². The lowest BCUT2D eigenvalue weighted by Crippen LogP contribution is -2.08. The summed E-state index contributed by atoms with van der Waals surface area (Å²) in [6.45, 7) is 5.16. The Hall–Kier alpha value is -4.07. The van der Waals surface area contributed by atoms with Crippen LogP contribution in [-0.2, 0) is 32.2 Å². The molecule has 0 saturated carbocycles. The monoisotopic (exact) mass is 522 g/mol. The van der Waals surface area contributed by atoms with Gasteiger partial charge in [-0.2, -0.15) is 10.3 Å². The molecule has 3 aromatic heterocycles. The molecule has 0 spiro atoms. The van der Waals surface area contributed by atoms with Gasteiger partial charge in [-0.05, 0) is 65.8 Å². The van der Waals surface area contributed by atoms with Crippen LogP contribution in [0.25, 0.3) is 17.2 Å². The number of aromatic nitrogens is 8. The molecule has 8 heteroatoms. The predicted octanol–water partition coefficient (Wildman–Crippen LogP) is 6.16. The maximum Gasteiger partial charge on any atom is 0.221 e. The van der Waals surface area contributed by atoms with Gasteiger partial charge in [0.2, 0.25) is 5.82 Å². The van der Waals surface area contributed by atoms with Crippen LogP contribution in [0.2, 0.25) is 0 Å². The van der Waals surface area contributed by atoms with Crippen molar-refractivity contribution in [1.29, 1.82) is 0 Å². The topological polar surface area (TPSA) is 90.1 Å². The van der Waals surface area contributed by atoms with Crippen LogP contribution in [0.1, 0.15) is 74.3 Å². The predicted molar refractivity (Wildman–Crippen MR) is 154 cm³/mol. The molecule has 0 atom stereocenters. The molecule has 8 nitrogen and oxygen atoms in total. The average Bonchev–Trinajstić information content (AvgIpc) is 3.72. The summed E-state index contributed by atoms with van der Waals surface area (Å²) in [5.74, 6) is 2.63. The highest BCUT2D eigenvalue weighted by molar-refractivity contribution is 5.60. The van der Waals surface area contributed by atoms with Gasteiger partial charge in [-0.25, -0.2) is 9.67 Å². The Balaban J connectivity index is 1.34. The molecule has 0 aliphatic rings. The summed E-state index contributed by atoms with van der Waals surface area (Å²) in [4.78, 5) is 4.92. The first-order valence-electron chi connectivity index (χ1n) is 14.2. The van der Waals surface area contributed by atoms with E-state index < -0.39 is 0 Å². The van der Waals surface area contributed by atoms with Crippen molar-refractivity contribution in [3.05, 3.63) is 95.2 Å². The Morgan fingerprint density at radius 3 is 2.33 bits per heavy atom. The summed E-state index contributed by atoms with van der Waals surface area (Å²) in [7, 11) is 0. The maximum atomic E-state index is 4.92. The fourth-order valence-electron chi connectivity index (χ4n) is 4.98. The number of hydrogen-bond donors (Lipinski definition) is 1. The fourth-order valence-corrected chi connectivity index (χ4v) is 4.98. The second kappa shape index (κ2) is 13.1. The van der Waals surface area contributed by atoms with Gasteiger partial charge in [0.25, 0.3) is 0 Å². The summed E-state index contributed by atoms with van der Waals surface area (Å²) in [5, 5.41) is 19.9. The maximum absolute atomic E-state index is 4.92. The number of nitrogens with zero attached hydrogens (tertiary/aromatic N) is 7. The SMILES string of the molecule is CCCCCc1ccn(-c2ccc(Cn3nc(CCc4ccccc4)nc3CCCC)cc2)c1-c1nn[nH]n1. The number of H-pyrrole nitrogens is 1. The van der Waals surface area contributed by atoms with Crippen molar-refractivity contribution in [2.24, 2.45) is 0 Å². The van der Waals surface area contributed by atoms with Crippen LogP contribution >= 0.6 is 0 Å². The molecule has 0 unspecified atom stereocenters. The number of benzene rings is 2. The quantitative estimate of drug-likeness (QED) is 0.177. The third-order valence-electron chi connectivity index (χ3n) is 7.15. The fraction of sp³-hybridized carbons (Fsp3) is 0.387. The number of unbranched alkanes of at least 4 members (excludes halogenated alkanes) is 3. The molecule has 2 aromatic carbocycles. The largest absolute Gasteiger partial charge is 0.313 e. The molecule has 0 amide bonds. The molecular formula is C31H38N8. The summed E-state index contributed by atoms with van der Waals surface area (Å²) in [5.41, 5.74) is 5.85. The smallest absolute Gasteiger partial charge is 0.221 e. The van der Waals surface area contributed by atoms with Crippen molar-refractivity contribution in [2.75, 3.05) is 0 Å². The Labute approximate surface area is 230 Å². The minimum absolute atomic E-state index is 0.627. The Kier molecular flexibility index (Phi) is 8.94. The molecule has 0 aliphatic heterocycles. The number of hydrogen-bond acceptors (Lipinski definition) is 5. The minimum Gasteiger partial charge on any atom is -0.313 e. The van der Waals surface area contributed by atoms with Crippen LogP contribution < -0.4 is 0 Å². The van der Waals surface area contributed by atoms with Gasteiger partial charge in [-0.3, -0.25) is 0 Å². The normalized spacial score (nSPS) is 11.3. The van der Waals surface area contributed by atoms with E-state index in [0.717, 1.165) is 68.0 Å². The molecule has 3 heterocycles. The number of rotatable bonds is 14. The average molecular weight is 523 g/mol. The van der Waals surface area contributed by atoms with E-state index in [-0.39, 0.29) is 0 Å². The van der Waals surface area contributed by atoms with Crippen molar-refractivity contribution >= 4 is 0 Å². The van der Waals surface area contributed by atoms with E-state index in [1.165, 1.54) is 29.5 Å². The number of nitrogens with one attached hydrogen (secondary N) is 1. The third kappa shape index (κ3) is 6.69. The highest BCUT2D eigenvalue weighted by atomic mass is 15.5. The Bertz CT molecular complexity index is 1420. The number of aromatic amines is 1. The van der Waals surface area contributed by atoms with Gasteiger partial charge in [0.05, 0.1) is 12.2 Å². The lowest BCUT2D eigenvalue weighted by atomic mass is 10.1. The van der Waals surface area contributed by atoms with E-state index in [0.29, 0.717) is 12.4 Å². The molecular weight excluding hydrogens is 484 g/mol. The lowest BCUT2D eigenvalue weighted by molar-refractivity contribution is 0.613. The first kappa shape index (κ1) is 26.5. The van der Waals surface area contributed by atoms with Gasteiger partial charge in [-0.15, -0.1) is 10.2 Å². The molecule has 5 aromatic rings. The van der Waals surface area contributed by atoms with Crippen molar-refractivity contribution in [3.8, 4) is 17.2 Å². The van der Waals surface area contributed by atoms with Crippen molar-refractivity contribution < 1.29 is 0 Å². The van der Waals surface area contributed by atoms with Gasteiger partial charge < -0.3 is 4.57 Å². The number of tetrazole rings is 1. The molecule has 0 aliphatic carbocycles. The number of aryl methyl sites for hydroxylation is 4. The van der Waals surface area contributed by atoms with E-state index in [1.54, 1.807) is 0 Å². The second-order valence-corrected chi connectivity index (χ2v) is 10.1. The highest BCUT2D eigenvalue weighted by Gasteiger charge is 2.17. The standard InChI is InChI=1S/C31H38N8/c1-3-5-8-13-26-21-22-38(30(26)31-33-36-37-34-31)27-18-15-25(16-19-27)23-39-29(14-6-4-2)32-28(35-39)20-17-24-11-9-7-10-12-24/h7,9-12,15-16,18-19,21-22H,3-6,8,13-14,17,20,23H2,1-2H3,(H,33,34,36,37). The summed E-state index contributed by atoms with van der Waals surface area (Å²) in [6, 6.07) is 21.4. The van der Waals surface area contributed by atoms with Gasteiger partial charge in [0.15, 0.2) is 5.82 Å². The van der Waals surface area contributed by atoms with Crippen LogP contribution in [0, 0.1) is 0 Å². The van der Waals surface area contributed by atoms with Crippen molar-refractivity contribution in [2.45, 2.75) is 78.2 Å². The lowest BCUT2D eigenvalue weighted by Gasteiger charge is -2.11. The van der Waals surface area contributed by atoms with Crippen LogP contribution in [0.5, 0.6) is 0 Å². The zero-order valence-electron chi connectivity index (χ0n) is 23.1. The van der Waals surface area contributed by atoms with Gasteiger partial charge in [0, 0.05) is 24.7 Å². The molecule has 1 N–H and O–H groups in total. The second-order valence-electron chi connectivity index (χ2n) is 10.1. The van der Waals surface area contributed by atoms with E-state index in [2.05, 4.69) is 111 Å². The highest BCUT2D eigenvalue weighted by Crippen LogP contribution is 2.27. The first-order chi connectivity index (χ1) is 19.2. The zero-order valence-corrected chi connectivity index (χ0v) is 23.1. The van der Waals surface area contributed by atoms with E-state index in [1.807, 2.05) is 0 Å². The van der Waals surface area contributed by atoms with Crippen LogP contribution in [-0.4, -0.2) is 40.0 Å². The summed E-state index contributed by atoms with van der Waals surface area (Å²) < 4.78 is 4.26. The van der Waals surface area contributed by atoms with Crippen LogP contribution in [0.15, 0.2) is 66.9 Å². The van der Waals surface area contributed by atoms with E-state index in [9.17, 15) is 0 Å². The molecule has 0 bridgehead atoms. The molecule has 0 radical (unpaired) electrons. The first-order valence-corrected chi connectivity index (χ1v) is 14.2. The van der Waals surface area contributed by atoms with Crippen LogP contribution in [0.4, 0.5) is 0 Å². The molecule has 202 valence electrons. The van der Waals surface area contributed by atoms with E-state index >= 15 is 0 Å². The van der Waals surface area contributed by atoms with E-state index in [4.69, 9.17) is 10.1 Å². The zero-order chi connectivity index (χ0) is 26.9. The molecule has 5 rings (SSSR count). The summed E-state index contributed by atoms with van der Waals surface area (Å²) in [6.07, 6.45) is 11.7. The Morgan fingerprint density at radius 2 is 1.59 bits per heavy atom. The minimum atomic E-state index is 0.627. The third-order valence-corrected chi connectivity index (χ3v) is 7.15. The summed E-state index contributed by atoms with van der Waals surface area (Å²) >= 11 is 0. The molecule has 39 heavy (non-hydrogen) atoms. The van der Waals surface area contributed by atoms with Gasteiger partial charge >= 0.3 is 0 Å². The van der Waals surface area contributed by atoms with Crippen LogP contribution in [0.3, 0.4) is 0 Å². The molecule has 0 fully saturated rings. The van der Waals surface area contributed by atoms with Crippen molar-refractivity contribution in [3.63, 3.8) is 0 Å².